The molecule has 0 radical (unpaired) electrons. The second-order valence-electron chi connectivity index (χ2n) is 4.40. The first kappa shape index (κ1) is 13.1. The normalized spacial score (nSPS) is 10.3. The Morgan fingerprint density at radius 1 is 1.32 bits per heavy atom. The number of rotatable bonds is 4. The van der Waals surface area contributed by atoms with E-state index in [2.05, 4.69) is 15.8 Å². The number of amides is 1. The molecule has 19 heavy (non-hydrogen) atoms. The standard InChI is InChI=1S/C14H17N3O2/c1-9-6-11(4-5-13(9)15-3)14(18)16-8-12-7-10(2)17-19-12/h4-7,15H,8H2,1-3H3,(H,16,18). The Hall–Kier alpha value is -2.30. The molecule has 0 aliphatic rings. The fourth-order valence-corrected chi connectivity index (χ4v) is 1.85. The molecule has 0 aliphatic carbocycles. The molecular weight excluding hydrogens is 242 g/mol. The SMILES string of the molecule is CNc1ccc(C(=O)NCc2cc(C)no2)cc1C. The van der Waals surface area contributed by atoms with Crippen molar-refractivity contribution in [1.29, 1.82) is 0 Å². The summed E-state index contributed by atoms with van der Waals surface area (Å²) in [6.45, 7) is 4.14. The fraction of sp³-hybridized carbons (Fsp3) is 0.286. The second-order valence-corrected chi connectivity index (χ2v) is 4.40. The van der Waals surface area contributed by atoms with Gasteiger partial charge < -0.3 is 15.2 Å². The van der Waals surface area contributed by atoms with E-state index in [-0.39, 0.29) is 5.91 Å². The van der Waals surface area contributed by atoms with E-state index in [0.717, 1.165) is 16.9 Å². The summed E-state index contributed by atoms with van der Waals surface area (Å²) in [6, 6.07) is 7.34. The highest BCUT2D eigenvalue weighted by atomic mass is 16.5. The van der Waals surface area contributed by atoms with Gasteiger partial charge in [-0.2, -0.15) is 0 Å². The van der Waals surface area contributed by atoms with Crippen molar-refractivity contribution in [2.75, 3.05) is 12.4 Å². The third-order valence-corrected chi connectivity index (χ3v) is 2.86. The second kappa shape index (κ2) is 5.56. The van der Waals surface area contributed by atoms with Crippen molar-refractivity contribution in [1.82, 2.24) is 10.5 Å². The molecule has 100 valence electrons. The first-order valence-corrected chi connectivity index (χ1v) is 6.09. The first-order chi connectivity index (χ1) is 9.10. The Morgan fingerprint density at radius 3 is 2.68 bits per heavy atom. The summed E-state index contributed by atoms with van der Waals surface area (Å²) < 4.78 is 5.04. The lowest BCUT2D eigenvalue weighted by atomic mass is 10.1. The first-order valence-electron chi connectivity index (χ1n) is 6.09. The average molecular weight is 259 g/mol. The van der Waals surface area contributed by atoms with Crippen LogP contribution in [0, 0.1) is 13.8 Å². The summed E-state index contributed by atoms with van der Waals surface area (Å²) in [6.07, 6.45) is 0. The van der Waals surface area contributed by atoms with E-state index in [1.807, 2.05) is 33.0 Å². The Balaban J connectivity index is 2.01. The zero-order chi connectivity index (χ0) is 13.8. The van der Waals surface area contributed by atoms with Crippen LogP contribution in [0.25, 0.3) is 0 Å². The van der Waals surface area contributed by atoms with Crippen molar-refractivity contribution in [2.45, 2.75) is 20.4 Å². The molecule has 2 aromatic rings. The number of benzene rings is 1. The van der Waals surface area contributed by atoms with Gasteiger partial charge >= 0.3 is 0 Å². The van der Waals surface area contributed by atoms with Crippen molar-refractivity contribution >= 4 is 11.6 Å². The number of hydrogen-bond donors (Lipinski definition) is 2. The van der Waals surface area contributed by atoms with E-state index in [4.69, 9.17) is 4.52 Å². The molecule has 2 N–H and O–H groups in total. The van der Waals surface area contributed by atoms with Gasteiger partial charge in [0, 0.05) is 24.4 Å². The molecule has 0 fully saturated rings. The number of nitrogens with zero attached hydrogens (tertiary/aromatic N) is 1. The lowest BCUT2D eigenvalue weighted by Crippen LogP contribution is -2.22. The lowest BCUT2D eigenvalue weighted by Gasteiger charge is -2.08. The highest BCUT2D eigenvalue weighted by molar-refractivity contribution is 5.94. The Bertz CT molecular complexity index is 590. The Labute approximate surface area is 112 Å². The largest absolute Gasteiger partial charge is 0.388 e. The van der Waals surface area contributed by atoms with Crippen molar-refractivity contribution in [3.8, 4) is 0 Å². The molecule has 2 rings (SSSR count). The summed E-state index contributed by atoms with van der Waals surface area (Å²) >= 11 is 0. The van der Waals surface area contributed by atoms with E-state index >= 15 is 0 Å². The summed E-state index contributed by atoms with van der Waals surface area (Å²) in [5.74, 6) is 0.522. The molecule has 0 atom stereocenters. The van der Waals surface area contributed by atoms with E-state index in [1.54, 1.807) is 12.1 Å². The Morgan fingerprint density at radius 2 is 2.11 bits per heavy atom. The molecule has 1 heterocycles. The molecular formula is C14H17N3O2. The van der Waals surface area contributed by atoms with Crippen LogP contribution in [0.3, 0.4) is 0 Å². The van der Waals surface area contributed by atoms with E-state index in [1.165, 1.54) is 0 Å². The van der Waals surface area contributed by atoms with Gasteiger partial charge in [0.1, 0.15) is 0 Å². The third kappa shape index (κ3) is 3.13. The highest BCUT2D eigenvalue weighted by Gasteiger charge is 2.08. The zero-order valence-electron chi connectivity index (χ0n) is 11.3. The highest BCUT2D eigenvalue weighted by Crippen LogP contribution is 2.15. The minimum absolute atomic E-state index is 0.125. The van der Waals surface area contributed by atoms with Crippen LogP contribution in [-0.2, 0) is 6.54 Å². The number of carbonyl (C=O) groups excluding carboxylic acids is 1. The van der Waals surface area contributed by atoms with Crippen LogP contribution in [0.4, 0.5) is 5.69 Å². The summed E-state index contributed by atoms with van der Waals surface area (Å²) in [5.41, 5.74) is 3.49. The van der Waals surface area contributed by atoms with Crippen LogP contribution in [0.2, 0.25) is 0 Å². The molecule has 1 amide bonds. The monoisotopic (exact) mass is 259 g/mol. The zero-order valence-corrected chi connectivity index (χ0v) is 11.3. The molecule has 1 aromatic carbocycles. The van der Waals surface area contributed by atoms with Gasteiger partial charge in [0.25, 0.3) is 5.91 Å². The van der Waals surface area contributed by atoms with Crippen LogP contribution in [0.5, 0.6) is 0 Å². The van der Waals surface area contributed by atoms with Crippen LogP contribution in [-0.4, -0.2) is 18.1 Å². The van der Waals surface area contributed by atoms with Gasteiger partial charge in [-0.05, 0) is 37.6 Å². The molecule has 0 saturated carbocycles. The van der Waals surface area contributed by atoms with Gasteiger partial charge in [-0.25, -0.2) is 0 Å². The number of nitrogens with one attached hydrogen (secondary N) is 2. The van der Waals surface area contributed by atoms with Crippen molar-refractivity contribution in [2.24, 2.45) is 0 Å². The number of hydrogen-bond acceptors (Lipinski definition) is 4. The van der Waals surface area contributed by atoms with Crippen LogP contribution < -0.4 is 10.6 Å². The minimum atomic E-state index is -0.125. The summed E-state index contributed by atoms with van der Waals surface area (Å²) in [7, 11) is 1.86. The maximum absolute atomic E-state index is 12.0. The maximum atomic E-state index is 12.0. The molecule has 0 aliphatic heterocycles. The van der Waals surface area contributed by atoms with Gasteiger partial charge in [-0.3, -0.25) is 4.79 Å². The molecule has 5 heteroatoms. The Kier molecular flexibility index (Phi) is 3.85. The van der Waals surface area contributed by atoms with Gasteiger partial charge in [-0.1, -0.05) is 5.16 Å². The molecule has 1 aromatic heterocycles. The molecule has 0 bridgehead atoms. The van der Waals surface area contributed by atoms with E-state index < -0.39 is 0 Å². The fourth-order valence-electron chi connectivity index (χ4n) is 1.85. The minimum Gasteiger partial charge on any atom is -0.388 e. The van der Waals surface area contributed by atoms with Crippen molar-refractivity contribution in [3.63, 3.8) is 0 Å². The average Bonchev–Trinajstić information content (AvgIpc) is 2.81. The summed E-state index contributed by atoms with van der Waals surface area (Å²) in [4.78, 5) is 12.0. The predicted octanol–water partition coefficient (Wildman–Crippen LogP) is 2.26. The molecule has 0 spiro atoms. The molecule has 0 unspecified atom stereocenters. The van der Waals surface area contributed by atoms with Crippen LogP contribution >= 0.6 is 0 Å². The smallest absolute Gasteiger partial charge is 0.251 e. The number of anilines is 1. The van der Waals surface area contributed by atoms with Gasteiger partial charge in [0.05, 0.1) is 12.2 Å². The number of carbonyl (C=O) groups is 1. The quantitative estimate of drug-likeness (QED) is 0.883. The van der Waals surface area contributed by atoms with Gasteiger partial charge in [-0.15, -0.1) is 0 Å². The summed E-state index contributed by atoms with van der Waals surface area (Å²) in [5, 5.41) is 9.64. The van der Waals surface area contributed by atoms with Crippen LogP contribution in [0.1, 0.15) is 27.4 Å². The third-order valence-electron chi connectivity index (χ3n) is 2.86. The van der Waals surface area contributed by atoms with Gasteiger partial charge in [0.15, 0.2) is 5.76 Å². The van der Waals surface area contributed by atoms with Crippen molar-refractivity contribution < 1.29 is 9.32 Å². The van der Waals surface area contributed by atoms with E-state index in [9.17, 15) is 4.79 Å². The molecule has 0 saturated heterocycles. The van der Waals surface area contributed by atoms with Crippen LogP contribution in [0.15, 0.2) is 28.8 Å². The number of aromatic nitrogens is 1. The van der Waals surface area contributed by atoms with Gasteiger partial charge in [0.2, 0.25) is 0 Å². The van der Waals surface area contributed by atoms with Crippen molar-refractivity contribution in [3.05, 3.63) is 46.8 Å². The molecule has 5 nitrogen and oxygen atoms in total. The van der Waals surface area contributed by atoms with E-state index in [0.29, 0.717) is 17.9 Å². The predicted molar refractivity (Wildman–Crippen MR) is 73.1 cm³/mol. The topological polar surface area (TPSA) is 67.2 Å². The maximum Gasteiger partial charge on any atom is 0.251 e. The lowest BCUT2D eigenvalue weighted by molar-refractivity contribution is 0.0947. The number of aryl methyl sites for hydroxylation is 2.